The molecule has 3 heteroatoms. The van der Waals surface area contributed by atoms with Crippen LogP contribution in [0.2, 0.25) is 0 Å². The maximum absolute atomic E-state index is 3.89. The maximum Gasteiger partial charge on any atom is 0.0596 e. The fourth-order valence-corrected chi connectivity index (χ4v) is 2.43. The molecule has 0 radical (unpaired) electrons. The van der Waals surface area contributed by atoms with Crippen molar-refractivity contribution in [3.8, 4) is 0 Å². The summed E-state index contributed by atoms with van der Waals surface area (Å²) in [5.41, 5.74) is 1.25. The van der Waals surface area contributed by atoms with Crippen LogP contribution in [0.3, 0.4) is 0 Å². The number of benzene rings is 1. The van der Waals surface area contributed by atoms with Crippen molar-refractivity contribution in [3.05, 3.63) is 41.4 Å². The van der Waals surface area contributed by atoms with Gasteiger partial charge in [0.05, 0.1) is 11.7 Å². The van der Waals surface area contributed by atoms with E-state index in [1.165, 1.54) is 5.69 Å². The first-order chi connectivity index (χ1) is 7.33. The minimum absolute atomic E-state index is 0.387. The van der Waals surface area contributed by atoms with Crippen LogP contribution in [0.4, 0.5) is 5.69 Å². The molecule has 1 fully saturated rings. The van der Waals surface area contributed by atoms with Gasteiger partial charge in [-0.25, -0.2) is 0 Å². The molecule has 1 aromatic rings. The minimum Gasteiger partial charge on any atom is -0.362 e. The van der Waals surface area contributed by atoms with Crippen LogP contribution < -0.4 is 10.2 Å². The van der Waals surface area contributed by atoms with Gasteiger partial charge in [0.1, 0.15) is 0 Å². The summed E-state index contributed by atoms with van der Waals surface area (Å²) in [6.45, 7) is 6.93. The van der Waals surface area contributed by atoms with Crippen molar-refractivity contribution in [1.29, 1.82) is 0 Å². The van der Waals surface area contributed by atoms with E-state index >= 15 is 0 Å². The summed E-state index contributed by atoms with van der Waals surface area (Å²) in [6.07, 6.45) is 2.01. The number of nitrogens with zero attached hydrogens (tertiary/aromatic N) is 1. The van der Waals surface area contributed by atoms with E-state index in [9.17, 15) is 0 Å². The Morgan fingerprint density at radius 2 is 2.27 bits per heavy atom. The van der Waals surface area contributed by atoms with Gasteiger partial charge in [-0.1, -0.05) is 18.2 Å². The molecule has 1 aliphatic rings. The van der Waals surface area contributed by atoms with E-state index < -0.39 is 0 Å². The van der Waals surface area contributed by atoms with Crippen molar-refractivity contribution >= 4 is 21.6 Å². The number of hydrogen-bond acceptors (Lipinski definition) is 2. The van der Waals surface area contributed by atoms with E-state index in [0.29, 0.717) is 6.04 Å². The second-order valence-electron chi connectivity index (χ2n) is 3.65. The Labute approximate surface area is 99.1 Å². The Morgan fingerprint density at radius 1 is 1.47 bits per heavy atom. The third-order valence-corrected chi connectivity index (χ3v) is 3.39. The summed E-state index contributed by atoms with van der Waals surface area (Å²) in [6, 6.07) is 8.72. The number of anilines is 1. The summed E-state index contributed by atoms with van der Waals surface area (Å²) in [4.78, 5) is 2.38. The Balaban J connectivity index is 2.28. The van der Waals surface area contributed by atoms with E-state index in [1.54, 1.807) is 0 Å². The van der Waals surface area contributed by atoms with E-state index in [1.807, 2.05) is 12.1 Å². The average molecular weight is 267 g/mol. The minimum atomic E-state index is 0.387. The highest BCUT2D eigenvalue weighted by Gasteiger charge is 2.20. The molecule has 1 saturated heterocycles. The average Bonchev–Trinajstić information content (AvgIpc) is 2.30. The van der Waals surface area contributed by atoms with Gasteiger partial charge in [0.25, 0.3) is 0 Å². The topological polar surface area (TPSA) is 15.3 Å². The first kappa shape index (κ1) is 10.7. The summed E-state index contributed by atoms with van der Waals surface area (Å²) in [5, 5.41) is 3.38. The second-order valence-corrected chi connectivity index (χ2v) is 4.51. The van der Waals surface area contributed by atoms with Gasteiger partial charge >= 0.3 is 0 Å². The van der Waals surface area contributed by atoms with Crippen LogP contribution in [-0.4, -0.2) is 25.7 Å². The lowest BCUT2D eigenvalue weighted by atomic mass is 10.1. The van der Waals surface area contributed by atoms with Crippen LogP contribution in [0.1, 0.15) is 0 Å². The third-order valence-electron chi connectivity index (χ3n) is 2.72. The molecule has 0 spiro atoms. The van der Waals surface area contributed by atoms with Crippen LogP contribution in [0.25, 0.3) is 0 Å². The molecule has 2 rings (SSSR count). The molecule has 0 amide bonds. The summed E-state index contributed by atoms with van der Waals surface area (Å²) in [5.74, 6) is 0. The molecule has 1 N–H and O–H groups in total. The SMILES string of the molecule is C=C[C@H]1CNCCN1c1ccccc1Br. The molecule has 80 valence electrons. The molecule has 0 unspecified atom stereocenters. The normalized spacial score (nSPS) is 21.4. The van der Waals surface area contributed by atoms with Crippen molar-refractivity contribution in [2.45, 2.75) is 6.04 Å². The second kappa shape index (κ2) is 4.81. The summed E-state index contributed by atoms with van der Waals surface area (Å²) < 4.78 is 1.15. The molecule has 0 aromatic heterocycles. The molecule has 0 aliphatic carbocycles. The van der Waals surface area contributed by atoms with Crippen molar-refractivity contribution in [3.63, 3.8) is 0 Å². The van der Waals surface area contributed by atoms with E-state index in [2.05, 4.69) is 50.9 Å². The van der Waals surface area contributed by atoms with Gasteiger partial charge in [0.15, 0.2) is 0 Å². The van der Waals surface area contributed by atoms with Crippen LogP contribution in [-0.2, 0) is 0 Å². The first-order valence-electron chi connectivity index (χ1n) is 5.17. The molecule has 15 heavy (non-hydrogen) atoms. The smallest absolute Gasteiger partial charge is 0.0596 e. The number of piperazine rings is 1. The predicted octanol–water partition coefficient (Wildman–Crippen LogP) is 2.41. The number of nitrogens with one attached hydrogen (secondary N) is 1. The lowest BCUT2D eigenvalue weighted by Gasteiger charge is -2.36. The van der Waals surface area contributed by atoms with Gasteiger partial charge in [-0.05, 0) is 28.1 Å². The van der Waals surface area contributed by atoms with Gasteiger partial charge in [-0.2, -0.15) is 0 Å². The molecule has 0 bridgehead atoms. The van der Waals surface area contributed by atoms with E-state index in [-0.39, 0.29) is 0 Å². The highest BCUT2D eigenvalue weighted by atomic mass is 79.9. The Kier molecular flexibility index (Phi) is 3.44. The molecule has 1 atom stereocenters. The molecular weight excluding hydrogens is 252 g/mol. The third kappa shape index (κ3) is 2.24. The zero-order valence-electron chi connectivity index (χ0n) is 8.62. The number of hydrogen-bond donors (Lipinski definition) is 1. The lowest BCUT2D eigenvalue weighted by molar-refractivity contribution is 0.529. The van der Waals surface area contributed by atoms with Gasteiger partial charge in [0, 0.05) is 24.1 Å². The fourth-order valence-electron chi connectivity index (χ4n) is 1.92. The van der Waals surface area contributed by atoms with Crippen molar-refractivity contribution in [1.82, 2.24) is 5.32 Å². The summed E-state index contributed by atoms with van der Waals surface area (Å²) >= 11 is 3.59. The molecule has 2 nitrogen and oxygen atoms in total. The van der Waals surface area contributed by atoms with Crippen LogP contribution in [0.15, 0.2) is 41.4 Å². The Hall–Kier alpha value is -0.800. The lowest BCUT2D eigenvalue weighted by Crippen LogP contribution is -2.50. The first-order valence-corrected chi connectivity index (χ1v) is 5.96. The zero-order chi connectivity index (χ0) is 10.7. The highest BCUT2D eigenvalue weighted by Crippen LogP contribution is 2.27. The van der Waals surface area contributed by atoms with E-state index in [4.69, 9.17) is 0 Å². The molecule has 1 heterocycles. The van der Waals surface area contributed by atoms with Crippen molar-refractivity contribution in [2.24, 2.45) is 0 Å². The van der Waals surface area contributed by atoms with Crippen LogP contribution >= 0.6 is 15.9 Å². The number of halogens is 1. The quantitative estimate of drug-likeness (QED) is 0.828. The zero-order valence-corrected chi connectivity index (χ0v) is 10.2. The Morgan fingerprint density at radius 3 is 3.00 bits per heavy atom. The fraction of sp³-hybridized carbons (Fsp3) is 0.333. The largest absolute Gasteiger partial charge is 0.362 e. The molecular formula is C12H15BrN2. The van der Waals surface area contributed by atoms with Gasteiger partial charge < -0.3 is 10.2 Å². The summed E-state index contributed by atoms with van der Waals surface area (Å²) in [7, 11) is 0. The van der Waals surface area contributed by atoms with Gasteiger partial charge in [0.2, 0.25) is 0 Å². The maximum atomic E-state index is 3.89. The number of para-hydroxylation sites is 1. The predicted molar refractivity (Wildman–Crippen MR) is 68.3 cm³/mol. The molecule has 1 aliphatic heterocycles. The molecule has 0 saturated carbocycles. The monoisotopic (exact) mass is 266 g/mol. The van der Waals surface area contributed by atoms with E-state index in [0.717, 1.165) is 24.1 Å². The standard InChI is InChI=1S/C12H15BrN2/c1-2-10-9-14-7-8-15(10)12-6-4-3-5-11(12)13/h2-6,10,14H,1,7-9H2/t10-/m0/s1. The van der Waals surface area contributed by atoms with Crippen molar-refractivity contribution < 1.29 is 0 Å². The molecule has 1 aromatic carbocycles. The van der Waals surface area contributed by atoms with Crippen LogP contribution in [0, 0.1) is 0 Å². The van der Waals surface area contributed by atoms with Crippen LogP contribution in [0.5, 0.6) is 0 Å². The van der Waals surface area contributed by atoms with Gasteiger partial charge in [-0.3, -0.25) is 0 Å². The Bertz CT molecular complexity index is 351. The number of rotatable bonds is 2. The highest BCUT2D eigenvalue weighted by molar-refractivity contribution is 9.10. The van der Waals surface area contributed by atoms with Crippen molar-refractivity contribution in [2.75, 3.05) is 24.5 Å². The van der Waals surface area contributed by atoms with Gasteiger partial charge in [-0.15, -0.1) is 6.58 Å².